The molecule has 0 heterocycles. The molecular formula is C23H28BrN3O7. The first kappa shape index (κ1) is 26.8. The number of amides is 2. The van der Waals surface area contributed by atoms with E-state index in [9.17, 15) is 9.59 Å². The Kier molecular flexibility index (Phi) is 10.5. The average Bonchev–Trinajstić information content (AvgIpc) is 2.84. The fraction of sp³-hybridized carbons (Fsp3) is 0.348. The number of carbonyl (C=O) groups excluding carboxylic acids is 2. The Bertz CT molecular complexity index is 1020. The maximum absolute atomic E-state index is 12.5. The van der Waals surface area contributed by atoms with Crippen LogP contribution < -0.4 is 34.4 Å². The molecule has 2 amide bonds. The molecule has 184 valence electrons. The van der Waals surface area contributed by atoms with Crippen molar-refractivity contribution in [2.45, 2.75) is 12.8 Å². The van der Waals surface area contributed by atoms with Gasteiger partial charge in [-0.25, -0.2) is 5.43 Å². The Balaban J connectivity index is 1.84. The van der Waals surface area contributed by atoms with Crippen LogP contribution in [0.2, 0.25) is 0 Å². The van der Waals surface area contributed by atoms with Gasteiger partial charge in [0.25, 0.3) is 5.91 Å². The molecule has 0 aliphatic rings. The van der Waals surface area contributed by atoms with Crippen LogP contribution in [0.5, 0.6) is 28.7 Å². The van der Waals surface area contributed by atoms with Crippen molar-refractivity contribution in [2.24, 2.45) is 5.10 Å². The van der Waals surface area contributed by atoms with Gasteiger partial charge in [-0.05, 0) is 52.2 Å². The van der Waals surface area contributed by atoms with Crippen molar-refractivity contribution in [1.82, 2.24) is 10.7 Å². The zero-order valence-corrected chi connectivity index (χ0v) is 21.3. The molecule has 0 radical (unpaired) electrons. The van der Waals surface area contributed by atoms with E-state index in [4.69, 9.17) is 23.7 Å². The van der Waals surface area contributed by atoms with Crippen LogP contribution in [0.15, 0.2) is 33.8 Å². The van der Waals surface area contributed by atoms with E-state index in [0.717, 1.165) is 0 Å². The molecule has 0 saturated heterocycles. The van der Waals surface area contributed by atoms with Gasteiger partial charge in [0.15, 0.2) is 23.0 Å². The lowest BCUT2D eigenvalue weighted by molar-refractivity contribution is -0.121. The van der Waals surface area contributed by atoms with Crippen LogP contribution in [0.1, 0.15) is 28.8 Å². The largest absolute Gasteiger partial charge is 0.493 e. The molecule has 2 aromatic carbocycles. The van der Waals surface area contributed by atoms with Gasteiger partial charge in [0, 0.05) is 18.5 Å². The van der Waals surface area contributed by atoms with Gasteiger partial charge in [0.1, 0.15) is 0 Å². The number of carbonyl (C=O) groups is 2. The summed E-state index contributed by atoms with van der Waals surface area (Å²) in [4.78, 5) is 24.5. The number of nitrogens with zero attached hydrogens (tertiary/aromatic N) is 1. The molecule has 0 aliphatic heterocycles. The monoisotopic (exact) mass is 537 g/mol. The zero-order chi connectivity index (χ0) is 25.1. The smallest absolute Gasteiger partial charge is 0.251 e. The molecule has 0 aromatic heterocycles. The van der Waals surface area contributed by atoms with Crippen LogP contribution in [0.3, 0.4) is 0 Å². The van der Waals surface area contributed by atoms with Crippen molar-refractivity contribution < 1.29 is 33.3 Å². The number of nitrogens with one attached hydrogen (secondary N) is 2. The minimum atomic E-state index is -0.322. The predicted molar refractivity (Wildman–Crippen MR) is 131 cm³/mol. The Morgan fingerprint density at radius 1 is 0.882 bits per heavy atom. The summed E-state index contributed by atoms with van der Waals surface area (Å²) in [6, 6.07) is 6.64. The third-order valence-corrected chi connectivity index (χ3v) is 5.24. The molecular weight excluding hydrogens is 510 g/mol. The van der Waals surface area contributed by atoms with Gasteiger partial charge < -0.3 is 29.0 Å². The van der Waals surface area contributed by atoms with Gasteiger partial charge >= 0.3 is 0 Å². The number of ether oxygens (including phenoxy) is 5. The predicted octanol–water partition coefficient (Wildman–Crippen LogP) is 3.15. The van der Waals surface area contributed by atoms with Crippen LogP contribution in [0.4, 0.5) is 0 Å². The summed E-state index contributed by atoms with van der Waals surface area (Å²) in [6.07, 6.45) is 2.11. The van der Waals surface area contributed by atoms with E-state index in [-0.39, 0.29) is 18.2 Å². The number of hydrogen-bond acceptors (Lipinski definition) is 8. The highest BCUT2D eigenvalue weighted by Gasteiger charge is 2.17. The van der Waals surface area contributed by atoms with Crippen molar-refractivity contribution >= 4 is 34.0 Å². The topological polar surface area (TPSA) is 117 Å². The van der Waals surface area contributed by atoms with Crippen molar-refractivity contribution in [3.8, 4) is 28.7 Å². The number of methoxy groups -OCH3 is 5. The van der Waals surface area contributed by atoms with E-state index in [1.807, 2.05) is 0 Å². The molecule has 0 spiro atoms. The Morgan fingerprint density at radius 2 is 1.47 bits per heavy atom. The van der Waals surface area contributed by atoms with Gasteiger partial charge in [-0.2, -0.15) is 5.10 Å². The van der Waals surface area contributed by atoms with Crippen molar-refractivity contribution in [2.75, 3.05) is 42.1 Å². The summed E-state index contributed by atoms with van der Waals surface area (Å²) in [5, 5.41) is 6.73. The lowest BCUT2D eigenvalue weighted by Gasteiger charge is -2.14. The summed E-state index contributed by atoms with van der Waals surface area (Å²) in [6.45, 7) is 0.301. The fourth-order valence-corrected chi connectivity index (χ4v) is 3.63. The molecule has 10 nitrogen and oxygen atoms in total. The maximum atomic E-state index is 12.5. The first-order valence-electron chi connectivity index (χ1n) is 10.2. The van der Waals surface area contributed by atoms with Gasteiger partial charge in [0.05, 0.1) is 46.2 Å². The molecule has 2 aromatic rings. The summed E-state index contributed by atoms with van der Waals surface area (Å²) in [5.74, 6) is 1.66. The highest BCUT2D eigenvalue weighted by atomic mass is 79.9. The highest BCUT2D eigenvalue weighted by molar-refractivity contribution is 9.10. The normalized spacial score (nSPS) is 10.5. The van der Waals surface area contributed by atoms with Crippen LogP contribution in [-0.4, -0.2) is 60.1 Å². The highest BCUT2D eigenvalue weighted by Crippen LogP contribution is 2.38. The number of halogens is 1. The van der Waals surface area contributed by atoms with Crippen LogP contribution in [-0.2, 0) is 4.79 Å². The van der Waals surface area contributed by atoms with E-state index < -0.39 is 0 Å². The molecule has 2 rings (SSSR count). The minimum Gasteiger partial charge on any atom is -0.493 e. The first-order chi connectivity index (χ1) is 16.4. The summed E-state index contributed by atoms with van der Waals surface area (Å²) >= 11 is 3.40. The third kappa shape index (κ3) is 7.01. The second kappa shape index (κ2) is 13.3. The molecule has 11 heteroatoms. The summed E-state index contributed by atoms with van der Waals surface area (Å²) in [7, 11) is 7.52. The van der Waals surface area contributed by atoms with Gasteiger partial charge in [-0.15, -0.1) is 0 Å². The average molecular weight is 538 g/mol. The second-order valence-corrected chi connectivity index (χ2v) is 7.66. The zero-order valence-electron chi connectivity index (χ0n) is 19.7. The number of hydrogen-bond donors (Lipinski definition) is 2. The van der Waals surface area contributed by atoms with Gasteiger partial charge in [-0.1, -0.05) is 0 Å². The van der Waals surface area contributed by atoms with Crippen molar-refractivity contribution in [3.05, 3.63) is 39.9 Å². The molecule has 2 N–H and O–H groups in total. The quantitative estimate of drug-likeness (QED) is 0.242. The SMILES string of the molecule is COc1cc(/C=N/NC(=O)CCCNC(=O)c2cc(OC)c(OC)c(OC)c2)cc(Br)c1OC. The summed E-state index contributed by atoms with van der Waals surface area (Å²) < 4.78 is 27.0. The van der Waals surface area contributed by atoms with Crippen LogP contribution in [0, 0.1) is 0 Å². The molecule has 0 unspecified atom stereocenters. The number of rotatable bonds is 12. The van der Waals surface area contributed by atoms with E-state index in [2.05, 4.69) is 31.8 Å². The van der Waals surface area contributed by atoms with Crippen molar-refractivity contribution in [1.29, 1.82) is 0 Å². The fourth-order valence-electron chi connectivity index (χ4n) is 3.01. The Morgan fingerprint density at radius 3 is 2.03 bits per heavy atom. The standard InChI is InChI=1S/C23H28BrN3O7/c1-30-17-10-14(9-16(24)21(17)33-4)13-26-27-20(28)7-6-8-25-23(29)15-11-18(31-2)22(34-5)19(12-15)32-3/h9-13H,6-8H2,1-5H3,(H,25,29)(H,27,28)/b26-13+. The second-order valence-electron chi connectivity index (χ2n) is 6.80. The molecule has 0 atom stereocenters. The number of hydrazone groups is 1. The van der Waals surface area contributed by atoms with E-state index in [0.29, 0.717) is 57.3 Å². The van der Waals surface area contributed by atoms with Gasteiger partial charge in [-0.3, -0.25) is 9.59 Å². The van der Waals surface area contributed by atoms with Crippen LogP contribution in [0.25, 0.3) is 0 Å². The van der Waals surface area contributed by atoms with Crippen molar-refractivity contribution in [3.63, 3.8) is 0 Å². The molecule has 0 aliphatic carbocycles. The Labute approximate surface area is 206 Å². The first-order valence-corrected chi connectivity index (χ1v) is 11.0. The van der Waals surface area contributed by atoms with Gasteiger partial charge in [0.2, 0.25) is 11.7 Å². The Hall–Kier alpha value is -3.47. The van der Waals surface area contributed by atoms with E-state index in [1.165, 1.54) is 34.7 Å². The van der Waals surface area contributed by atoms with Crippen LogP contribution >= 0.6 is 15.9 Å². The molecule has 34 heavy (non-hydrogen) atoms. The molecule has 0 saturated carbocycles. The third-order valence-electron chi connectivity index (χ3n) is 4.65. The molecule has 0 fully saturated rings. The lowest BCUT2D eigenvalue weighted by atomic mass is 10.1. The maximum Gasteiger partial charge on any atom is 0.251 e. The minimum absolute atomic E-state index is 0.183. The van der Waals surface area contributed by atoms with E-state index in [1.54, 1.807) is 31.4 Å². The lowest BCUT2D eigenvalue weighted by Crippen LogP contribution is -2.26. The molecule has 0 bridgehead atoms. The van der Waals surface area contributed by atoms with E-state index >= 15 is 0 Å². The number of benzene rings is 2. The summed E-state index contributed by atoms with van der Waals surface area (Å²) in [5.41, 5.74) is 3.52.